The summed E-state index contributed by atoms with van der Waals surface area (Å²) in [7, 11) is -9.89. The van der Waals surface area contributed by atoms with Gasteiger partial charge in [-0.2, -0.15) is 0 Å². The molecule has 0 fully saturated rings. The fraction of sp³-hybridized carbons (Fsp3) is 0.938. The molecule has 0 aromatic rings. The molecule has 6 atom stereocenters. The van der Waals surface area contributed by atoms with Crippen molar-refractivity contribution in [3.63, 3.8) is 0 Å². The van der Waals surface area contributed by atoms with Crippen LogP contribution in [0.1, 0.15) is 306 Å². The third-order valence-electron chi connectivity index (χ3n) is 14.9. The zero-order chi connectivity index (χ0) is 61.8. The number of rotatable bonds is 61. The fourth-order valence-electron chi connectivity index (χ4n) is 9.40. The molecule has 0 saturated carbocycles. The van der Waals surface area contributed by atoms with Crippen molar-refractivity contribution in [2.24, 2.45) is 23.7 Å². The second-order valence-electron chi connectivity index (χ2n) is 24.8. The molecule has 3 N–H and O–H groups in total. The lowest BCUT2D eigenvalue weighted by Crippen LogP contribution is -2.30. The maximum atomic E-state index is 13.0. The van der Waals surface area contributed by atoms with Crippen molar-refractivity contribution in [3.8, 4) is 0 Å². The SMILES string of the molecule is CCC(C)CCCCCCCCC(=O)O[C@H](COC(=O)CCCCCCCCCC(C)C)COP(=O)(O)OCC(O)COP(=O)(O)OC[C@@H](COC(=O)CCCCCCCCCC(C)C)OC(=O)CCCCCCCCCCCCC(C)C. The summed E-state index contributed by atoms with van der Waals surface area (Å²) in [6, 6.07) is 0. The van der Waals surface area contributed by atoms with E-state index in [1.807, 2.05) is 0 Å². The molecule has 83 heavy (non-hydrogen) atoms. The molecule has 0 aromatic heterocycles. The summed E-state index contributed by atoms with van der Waals surface area (Å²) in [5, 5.41) is 10.5. The lowest BCUT2D eigenvalue weighted by Gasteiger charge is -2.21. The first-order valence-corrected chi connectivity index (χ1v) is 36.2. The van der Waals surface area contributed by atoms with Crippen LogP contribution in [0.15, 0.2) is 0 Å². The summed E-state index contributed by atoms with van der Waals surface area (Å²) in [6.45, 7) is 13.9. The predicted octanol–water partition coefficient (Wildman–Crippen LogP) is 17.4. The average molecular weight is 1230 g/mol. The second kappa shape index (κ2) is 54.2. The highest BCUT2D eigenvalue weighted by Gasteiger charge is 2.30. The lowest BCUT2D eigenvalue weighted by atomic mass is 10.00. The van der Waals surface area contributed by atoms with Gasteiger partial charge in [0, 0.05) is 25.7 Å². The van der Waals surface area contributed by atoms with Gasteiger partial charge in [0.1, 0.15) is 19.3 Å². The van der Waals surface area contributed by atoms with Crippen LogP contribution in [-0.2, 0) is 65.4 Å². The van der Waals surface area contributed by atoms with Crippen LogP contribution in [0.2, 0.25) is 0 Å². The normalized spacial score (nSPS) is 14.8. The monoisotopic (exact) mass is 1230 g/mol. The Morgan fingerprint density at radius 1 is 0.337 bits per heavy atom. The first-order chi connectivity index (χ1) is 39.6. The van der Waals surface area contributed by atoms with Gasteiger partial charge in [0.05, 0.1) is 26.4 Å². The molecule has 0 amide bonds. The van der Waals surface area contributed by atoms with Crippen molar-refractivity contribution in [2.75, 3.05) is 39.6 Å². The van der Waals surface area contributed by atoms with Gasteiger partial charge in [-0.05, 0) is 49.4 Å². The maximum Gasteiger partial charge on any atom is 0.472 e. The number of hydrogen-bond acceptors (Lipinski definition) is 15. The van der Waals surface area contributed by atoms with Crippen LogP contribution in [0, 0.1) is 23.7 Å². The third-order valence-corrected chi connectivity index (χ3v) is 16.8. The van der Waals surface area contributed by atoms with Crippen LogP contribution in [0.25, 0.3) is 0 Å². The van der Waals surface area contributed by atoms with Crippen LogP contribution >= 0.6 is 15.6 Å². The zero-order valence-electron chi connectivity index (χ0n) is 53.8. The number of ether oxygens (including phenoxy) is 4. The highest BCUT2D eigenvalue weighted by molar-refractivity contribution is 7.47. The molecule has 492 valence electrons. The molecular weight excluding hydrogens is 1100 g/mol. The summed E-state index contributed by atoms with van der Waals surface area (Å²) in [4.78, 5) is 72.2. The molecule has 0 aliphatic heterocycles. The van der Waals surface area contributed by atoms with Crippen LogP contribution in [-0.4, -0.2) is 96.7 Å². The lowest BCUT2D eigenvalue weighted by molar-refractivity contribution is -0.161. The highest BCUT2D eigenvalue weighted by Crippen LogP contribution is 2.45. The maximum absolute atomic E-state index is 13.0. The van der Waals surface area contributed by atoms with Gasteiger partial charge in [-0.1, -0.05) is 254 Å². The van der Waals surface area contributed by atoms with E-state index < -0.39 is 97.5 Å². The predicted molar refractivity (Wildman–Crippen MR) is 331 cm³/mol. The van der Waals surface area contributed by atoms with Crippen molar-refractivity contribution in [1.29, 1.82) is 0 Å². The largest absolute Gasteiger partial charge is 0.472 e. The van der Waals surface area contributed by atoms with Gasteiger partial charge in [-0.15, -0.1) is 0 Å². The molecular formula is C64H124O17P2. The standard InChI is InChI=1S/C64H124O17P2/c1-9-57(8)43-35-27-22-23-31-39-47-64(69)81-60(51-75-62(67)45-37-29-21-15-18-26-34-42-56(6)7)53-79-83(72,73)77-49-58(65)48-76-82(70,71)78-52-59(50-74-61(66)44-36-28-20-14-17-25-33-41-55(4)5)80-63(68)46-38-30-19-13-11-10-12-16-24-32-40-54(2)3/h54-60,65H,9-53H2,1-8H3,(H,70,71)(H,72,73)/t57?,58?,59-,60-/m1/s1. The van der Waals surface area contributed by atoms with Gasteiger partial charge >= 0.3 is 39.5 Å². The number of aliphatic hydroxyl groups excluding tert-OH is 1. The quantitative estimate of drug-likeness (QED) is 0.0222. The third kappa shape index (κ3) is 57.6. The number of phosphoric ester groups is 2. The molecule has 0 aliphatic rings. The number of carbonyl (C=O) groups is 4. The molecule has 17 nitrogen and oxygen atoms in total. The van der Waals surface area contributed by atoms with E-state index in [9.17, 15) is 43.2 Å². The first kappa shape index (κ1) is 81.1. The minimum Gasteiger partial charge on any atom is -0.462 e. The highest BCUT2D eigenvalue weighted by atomic mass is 31.2. The Morgan fingerprint density at radius 2 is 0.578 bits per heavy atom. The van der Waals surface area contributed by atoms with Crippen molar-refractivity contribution in [3.05, 3.63) is 0 Å². The van der Waals surface area contributed by atoms with Crippen LogP contribution < -0.4 is 0 Å². The molecule has 0 radical (unpaired) electrons. The number of carbonyl (C=O) groups excluding carboxylic acids is 4. The average Bonchev–Trinajstić information content (AvgIpc) is 3.43. The number of esters is 4. The van der Waals surface area contributed by atoms with Gasteiger partial charge in [0.2, 0.25) is 0 Å². The van der Waals surface area contributed by atoms with Crippen LogP contribution in [0.3, 0.4) is 0 Å². The van der Waals surface area contributed by atoms with Crippen molar-refractivity contribution in [1.82, 2.24) is 0 Å². The molecule has 19 heteroatoms. The van der Waals surface area contributed by atoms with Gasteiger partial charge in [0.15, 0.2) is 12.2 Å². The number of hydrogen-bond donors (Lipinski definition) is 3. The Morgan fingerprint density at radius 3 is 0.855 bits per heavy atom. The van der Waals surface area contributed by atoms with Crippen molar-refractivity contribution >= 4 is 39.5 Å². The van der Waals surface area contributed by atoms with Gasteiger partial charge in [-0.25, -0.2) is 9.13 Å². The van der Waals surface area contributed by atoms with Crippen molar-refractivity contribution in [2.45, 2.75) is 324 Å². The molecule has 0 aliphatic carbocycles. The van der Waals surface area contributed by atoms with E-state index in [1.54, 1.807) is 0 Å². The molecule has 4 unspecified atom stereocenters. The summed E-state index contributed by atoms with van der Waals surface area (Å²) >= 11 is 0. The zero-order valence-corrected chi connectivity index (χ0v) is 55.6. The Balaban J connectivity index is 5.26. The summed E-state index contributed by atoms with van der Waals surface area (Å²) in [5.74, 6) is 0.740. The van der Waals surface area contributed by atoms with Crippen LogP contribution in [0.5, 0.6) is 0 Å². The molecule has 0 bridgehead atoms. The van der Waals surface area contributed by atoms with E-state index in [1.165, 1.54) is 96.3 Å². The minimum atomic E-state index is -4.95. The summed E-state index contributed by atoms with van der Waals surface area (Å²) in [5.41, 5.74) is 0. The fourth-order valence-corrected chi connectivity index (χ4v) is 11.0. The number of aliphatic hydroxyl groups is 1. The first-order valence-electron chi connectivity index (χ1n) is 33.2. The molecule has 0 aromatic carbocycles. The Kier molecular flexibility index (Phi) is 53.0. The van der Waals surface area contributed by atoms with E-state index in [-0.39, 0.29) is 25.7 Å². The van der Waals surface area contributed by atoms with E-state index in [2.05, 4.69) is 55.4 Å². The van der Waals surface area contributed by atoms with Crippen LogP contribution in [0.4, 0.5) is 0 Å². The number of unbranched alkanes of at least 4 members (excludes halogenated alkanes) is 26. The van der Waals surface area contributed by atoms with Gasteiger partial charge in [-0.3, -0.25) is 37.3 Å². The van der Waals surface area contributed by atoms with Gasteiger partial charge in [0.25, 0.3) is 0 Å². The van der Waals surface area contributed by atoms with E-state index in [0.717, 1.165) is 115 Å². The Labute approximate surface area is 505 Å². The second-order valence-corrected chi connectivity index (χ2v) is 27.7. The Hall–Kier alpha value is -1.94. The minimum absolute atomic E-state index is 0.101. The summed E-state index contributed by atoms with van der Waals surface area (Å²) < 4.78 is 68.0. The smallest absolute Gasteiger partial charge is 0.462 e. The summed E-state index contributed by atoms with van der Waals surface area (Å²) in [6.07, 6.45) is 33.6. The van der Waals surface area contributed by atoms with E-state index in [0.29, 0.717) is 37.5 Å². The topological polar surface area (TPSA) is 237 Å². The molecule has 0 heterocycles. The van der Waals surface area contributed by atoms with Crippen molar-refractivity contribution < 1.29 is 80.2 Å². The molecule has 0 rings (SSSR count). The molecule has 0 spiro atoms. The van der Waals surface area contributed by atoms with E-state index >= 15 is 0 Å². The van der Waals surface area contributed by atoms with E-state index in [4.69, 9.17) is 37.0 Å². The Bertz CT molecular complexity index is 1660. The molecule has 0 saturated heterocycles. The van der Waals surface area contributed by atoms with Gasteiger partial charge < -0.3 is 33.8 Å². The number of phosphoric acid groups is 2.